The first-order valence-corrected chi connectivity index (χ1v) is 6.10. The summed E-state index contributed by atoms with van der Waals surface area (Å²) in [6.45, 7) is 0. The number of nitrogens with two attached hydrogens (primary N) is 1. The normalized spacial score (nSPS) is 11.9. The van der Waals surface area contributed by atoms with Gasteiger partial charge in [0.1, 0.15) is 5.82 Å². The molecule has 16 heavy (non-hydrogen) atoms. The van der Waals surface area contributed by atoms with Crippen LogP contribution >= 0.6 is 39.7 Å². The lowest BCUT2D eigenvalue weighted by atomic mass is 10.1. The van der Waals surface area contributed by atoms with Gasteiger partial charge in [0.15, 0.2) is 0 Å². The topological polar surface area (TPSA) is 26.0 Å². The second-order valence-electron chi connectivity index (χ2n) is 3.14. The summed E-state index contributed by atoms with van der Waals surface area (Å²) in [5.41, 5.74) is 6.50. The maximum atomic E-state index is 13.7. The molecule has 0 fully saturated rings. The highest BCUT2D eigenvalue weighted by Crippen LogP contribution is 2.28. The van der Waals surface area contributed by atoms with Gasteiger partial charge in [0.2, 0.25) is 0 Å². The van der Waals surface area contributed by atoms with Crippen LogP contribution in [0.1, 0.15) is 16.5 Å². The van der Waals surface area contributed by atoms with Crippen molar-refractivity contribution in [3.05, 3.63) is 56.4 Å². The zero-order valence-electron chi connectivity index (χ0n) is 8.19. The number of benzene rings is 1. The molecule has 2 N–H and O–H groups in total. The predicted molar refractivity (Wildman–Crippen MR) is 71.7 cm³/mol. The summed E-state index contributed by atoms with van der Waals surface area (Å²) in [7, 11) is 0. The van der Waals surface area contributed by atoms with Crippen molar-refractivity contribution in [1.82, 2.24) is 0 Å². The van der Waals surface area contributed by atoms with Crippen LogP contribution in [0.4, 0.5) is 4.39 Å². The van der Waals surface area contributed by atoms with Gasteiger partial charge in [0.05, 0.1) is 10.5 Å². The first-order chi connectivity index (χ1) is 7.20. The van der Waals surface area contributed by atoms with Crippen molar-refractivity contribution in [2.45, 2.75) is 6.04 Å². The number of thiophene rings is 1. The van der Waals surface area contributed by atoms with Crippen molar-refractivity contribution in [2.75, 3.05) is 0 Å². The molecule has 0 aliphatic heterocycles. The molecule has 2 rings (SSSR count). The van der Waals surface area contributed by atoms with E-state index < -0.39 is 0 Å². The van der Waals surface area contributed by atoms with Crippen LogP contribution in [-0.2, 0) is 0 Å². The van der Waals surface area contributed by atoms with E-state index in [1.807, 2.05) is 17.5 Å². The van der Waals surface area contributed by atoms with Crippen molar-refractivity contribution < 1.29 is 4.39 Å². The van der Waals surface area contributed by atoms with Crippen molar-refractivity contribution in [3.63, 3.8) is 0 Å². The van der Waals surface area contributed by atoms with Gasteiger partial charge in [0.25, 0.3) is 0 Å². The Morgan fingerprint density at radius 2 is 2.00 bits per heavy atom. The van der Waals surface area contributed by atoms with E-state index in [1.165, 1.54) is 11.3 Å². The van der Waals surface area contributed by atoms with Gasteiger partial charge < -0.3 is 5.73 Å². The van der Waals surface area contributed by atoms with Crippen LogP contribution < -0.4 is 5.73 Å². The Morgan fingerprint density at radius 3 is 2.62 bits per heavy atom. The average Bonchev–Trinajstić information content (AvgIpc) is 2.74. The molecule has 0 spiro atoms. The third kappa shape index (κ3) is 2.63. The van der Waals surface area contributed by atoms with Gasteiger partial charge >= 0.3 is 0 Å². The molecule has 1 heterocycles. The number of rotatable bonds is 2. The zero-order valence-corrected chi connectivity index (χ0v) is 11.4. The van der Waals surface area contributed by atoms with E-state index in [9.17, 15) is 4.39 Å². The van der Waals surface area contributed by atoms with Crippen LogP contribution in [0.2, 0.25) is 0 Å². The smallest absolute Gasteiger partial charge is 0.142 e. The Morgan fingerprint density at radius 1 is 1.25 bits per heavy atom. The Labute approximate surface area is 112 Å². The first-order valence-electron chi connectivity index (χ1n) is 4.43. The zero-order chi connectivity index (χ0) is 10.8. The van der Waals surface area contributed by atoms with E-state index in [-0.39, 0.29) is 24.3 Å². The largest absolute Gasteiger partial charge is 0.320 e. The maximum absolute atomic E-state index is 13.7. The minimum Gasteiger partial charge on any atom is -0.320 e. The van der Waals surface area contributed by atoms with E-state index in [0.717, 1.165) is 4.88 Å². The van der Waals surface area contributed by atoms with Crippen LogP contribution in [-0.4, -0.2) is 0 Å². The molecule has 0 aliphatic rings. The number of halogens is 3. The number of hydrogen-bond donors (Lipinski definition) is 1. The highest BCUT2D eigenvalue weighted by Gasteiger charge is 2.15. The second kappa shape index (κ2) is 5.77. The highest BCUT2D eigenvalue weighted by atomic mass is 79.9. The van der Waals surface area contributed by atoms with Crippen molar-refractivity contribution in [1.29, 1.82) is 0 Å². The van der Waals surface area contributed by atoms with Gasteiger partial charge in [0, 0.05) is 10.4 Å². The molecule has 2 aromatic rings. The summed E-state index contributed by atoms with van der Waals surface area (Å²) >= 11 is 4.68. The molecule has 5 heteroatoms. The summed E-state index contributed by atoms with van der Waals surface area (Å²) in [4.78, 5) is 0.965. The maximum Gasteiger partial charge on any atom is 0.142 e. The molecule has 0 unspecified atom stereocenters. The molecular weight excluding hydrogens is 313 g/mol. The summed E-state index contributed by atoms with van der Waals surface area (Å²) < 4.78 is 14.2. The van der Waals surface area contributed by atoms with Crippen LogP contribution in [0, 0.1) is 5.82 Å². The quantitative estimate of drug-likeness (QED) is 0.884. The van der Waals surface area contributed by atoms with E-state index in [0.29, 0.717) is 10.0 Å². The Bertz CT molecular complexity index is 461. The standard InChI is InChI=1S/C11H9BrFNS.ClH/c12-8-4-1-3-7(10(8)13)11(14)9-5-2-6-15-9;/h1-6,11H,14H2;1H/t11-;/m0./s1. The first kappa shape index (κ1) is 13.6. The summed E-state index contributed by atoms with van der Waals surface area (Å²) in [6.07, 6.45) is 0. The van der Waals surface area contributed by atoms with Gasteiger partial charge in [-0.2, -0.15) is 0 Å². The van der Waals surface area contributed by atoms with Crippen molar-refractivity contribution in [2.24, 2.45) is 5.73 Å². The Balaban J connectivity index is 0.00000128. The molecule has 86 valence electrons. The van der Waals surface area contributed by atoms with E-state index >= 15 is 0 Å². The monoisotopic (exact) mass is 321 g/mol. The predicted octanol–water partition coefficient (Wildman–Crippen LogP) is 4.12. The minimum absolute atomic E-state index is 0. The lowest BCUT2D eigenvalue weighted by Gasteiger charge is -2.11. The SMILES string of the molecule is Cl.N[C@H](c1cccs1)c1cccc(Br)c1F. The Kier molecular flexibility index (Phi) is 4.92. The molecular formula is C11H10BrClFNS. The van der Waals surface area contributed by atoms with Gasteiger partial charge in [-0.05, 0) is 33.4 Å². The Hall–Kier alpha value is -0.420. The molecule has 1 aromatic heterocycles. The van der Waals surface area contributed by atoms with Crippen LogP contribution in [0.15, 0.2) is 40.2 Å². The minimum atomic E-state index is -0.387. The molecule has 1 aromatic carbocycles. The van der Waals surface area contributed by atoms with Gasteiger partial charge in [-0.1, -0.05) is 18.2 Å². The van der Waals surface area contributed by atoms with Crippen LogP contribution in [0.5, 0.6) is 0 Å². The lowest BCUT2D eigenvalue weighted by molar-refractivity contribution is 0.594. The third-order valence-corrected chi connectivity index (χ3v) is 3.73. The molecule has 0 saturated heterocycles. The fraction of sp³-hybridized carbons (Fsp3) is 0.0909. The summed E-state index contributed by atoms with van der Waals surface area (Å²) in [6, 6.07) is 8.61. The van der Waals surface area contributed by atoms with Gasteiger partial charge in [-0.15, -0.1) is 23.7 Å². The van der Waals surface area contributed by atoms with Crippen molar-refractivity contribution >= 4 is 39.7 Å². The molecule has 0 bridgehead atoms. The highest BCUT2D eigenvalue weighted by molar-refractivity contribution is 9.10. The number of hydrogen-bond acceptors (Lipinski definition) is 2. The van der Waals surface area contributed by atoms with E-state index in [4.69, 9.17) is 5.73 Å². The molecule has 0 aliphatic carbocycles. The lowest BCUT2D eigenvalue weighted by Crippen LogP contribution is -2.12. The molecule has 1 atom stereocenters. The molecule has 0 amide bonds. The van der Waals surface area contributed by atoms with Crippen molar-refractivity contribution in [3.8, 4) is 0 Å². The fourth-order valence-corrected chi connectivity index (χ4v) is 2.51. The fourth-order valence-electron chi connectivity index (χ4n) is 1.38. The molecule has 0 saturated carbocycles. The van der Waals surface area contributed by atoms with E-state index in [1.54, 1.807) is 18.2 Å². The third-order valence-electron chi connectivity index (χ3n) is 2.17. The average molecular weight is 323 g/mol. The molecule has 0 radical (unpaired) electrons. The van der Waals surface area contributed by atoms with E-state index in [2.05, 4.69) is 15.9 Å². The van der Waals surface area contributed by atoms with Gasteiger partial charge in [-0.3, -0.25) is 0 Å². The molecule has 1 nitrogen and oxygen atoms in total. The second-order valence-corrected chi connectivity index (χ2v) is 4.97. The summed E-state index contributed by atoms with van der Waals surface area (Å²) in [5, 5.41) is 1.94. The van der Waals surface area contributed by atoms with Crippen LogP contribution in [0.25, 0.3) is 0 Å². The van der Waals surface area contributed by atoms with Crippen LogP contribution in [0.3, 0.4) is 0 Å². The van der Waals surface area contributed by atoms with Gasteiger partial charge in [-0.25, -0.2) is 4.39 Å². The summed E-state index contributed by atoms with van der Waals surface area (Å²) in [5.74, 6) is -0.279.